The van der Waals surface area contributed by atoms with Crippen LogP contribution in [0, 0.1) is 13.8 Å². The fourth-order valence-corrected chi connectivity index (χ4v) is 3.66. The van der Waals surface area contributed by atoms with E-state index in [1.807, 2.05) is 39.0 Å². The highest BCUT2D eigenvalue weighted by molar-refractivity contribution is 5.95. The van der Waals surface area contributed by atoms with E-state index in [1.165, 1.54) is 0 Å². The van der Waals surface area contributed by atoms with Gasteiger partial charge >= 0.3 is 0 Å². The fourth-order valence-electron chi connectivity index (χ4n) is 3.66. The Morgan fingerprint density at radius 1 is 1.21 bits per heavy atom. The molecule has 132 valence electrons. The molecule has 2 saturated heterocycles. The second-order valence-corrected chi connectivity index (χ2v) is 7.05. The van der Waals surface area contributed by atoms with Crippen LogP contribution in [-0.4, -0.2) is 55.4 Å². The number of carbonyl (C=O) groups is 1. The predicted octanol–water partition coefficient (Wildman–Crippen LogP) is 2.51. The topological polar surface area (TPSA) is 50.8 Å². The molecule has 0 aromatic heterocycles. The first-order valence-corrected chi connectivity index (χ1v) is 8.84. The Labute approximate surface area is 144 Å². The number of benzene rings is 1. The Morgan fingerprint density at radius 2 is 1.88 bits per heavy atom. The van der Waals surface area contributed by atoms with Gasteiger partial charge in [0.15, 0.2) is 0 Å². The first-order valence-electron chi connectivity index (χ1n) is 8.84. The van der Waals surface area contributed by atoms with E-state index in [1.54, 1.807) is 0 Å². The number of amides is 1. The molecule has 5 heteroatoms. The van der Waals surface area contributed by atoms with E-state index in [0.29, 0.717) is 6.61 Å². The molecule has 2 aliphatic rings. The van der Waals surface area contributed by atoms with Crippen molar-refractivity contribution >= 4 is 11.6 Å². The van der Waals surface area contributed by atoms with Crippen molar-refractivity contribution in [3.8, 4) is 0 Å². The quantitative estimate of drug-likeness (QED) is 0.924. The van der Waals surface area contributed by atoms with Gasteiger partial charge in [-0.1, -0.05) is 18.2 Å². The number of hydrogen-bond donors (Lipinski definition) is 1. The minimum atomic E-state index is -0.173. The lowest BCUT2D eigenvalue weighted by Crippen LogP contribution is -2.58. The number of nitrogens with zero attached hydrogens (tertiary/aromatic N) is 1. The smallest absolute Gasteiger partial charge is 0.241 e. The lowest BCUT2D eigenvalue weighted by Gasteiger charge is -2.46. The number of hydrogen-bond acceptors (Lipinski definition) is 4. The molecule has 2 aliphatic heterocycles. The summed E-state index contributed by atoms with van der Waals surface area (Å²) >= 11 is 0. The number of aryl methyl sites for hydroxylation is 2. The molecule has 0 bridgehead atoms. The molecular weight excluding hydrogens is 304 g/mol. The average molecular weight is 332 g/mol. The van der Waals surface area contributed by atoms with Crippen LogP contribution in [0.15, 0.2) is 18.2 Å². The lowest BCUT2D eigenvalue weighted by atomic mass is 9.91. The summed E-state index contributed by atoms with van der Waals surface area (Å²) in [6.45, 7) is 9.82. The highest BCUT2D eigenvalue weighted by Crippen LogP contribution is 2.30. The molecule has 1 aromatic rings. The zero-order valence-corrected chi connectivity index (χ0v) is 14.9. The molecule has 5 nitrogen and oxygen atoms in total. The third-order valence-electron chi connectivity index (χ3n) is 5.34. The van der Waals surface area contributed by atoms with Gasteiger partial charge in [-0.2, -0.15) is 0 Å². The zero-order chi connectivity index (χ0) is 17.2. The van der Waals surface area contributed by atoms with Crippen LogP contribution in [0.3, 0.4) is 0 Å². The van der Waals surface area contributed by atoms with Crippen molar-refractivity contribution in [2.24, 2.45) is 0 Å². The number of para-hydroxylation sites is 1. The summed E-state index contributed by atoms with van der Waals surface area (Å²) in [7, 11) is 0. The predicted molar refractivity (Wildman–Crippen MR) is 94.3 cm³/mol. The molecular formula is C19H28N2O3. The van der Waals surface area contributed by atoms with Crippen LogP contribution in [-0.2, 0) is 14.3 Å². The van der Waals surface area contributed by atoms with Gasteiger partial charge in [0.05, 0.1) is 18.2 Å². The Balaban J connectivity index is 1.67. The summed E-state index contributed by atoms with van der Waals surface area (Å²) in [4.78, 5) is 15.0. The molecule has 1 spiro atoms. The summed E-state index contributed by atoms with van der Waals surface area (Å²) in [6, 6.07) is 5.89. The molecule has 0 saturated carbocycles. The molecule has 1 atom stereocenters. The first kappa shape index (κ1) is 17.4. The van der Waals surface area contributed by atoms with Gasteiger partial charge in [-0.05, 0) is 31.9 Å². The van der Waals surface area contributed by atoms with E-state index in [0.717, 1.165) is 56.0 Å². The summed E-state index contributed by atoms with van der Waals surface area (Å²) in [5, 5.41) is 3.12. The SMILES string of the molecule is Cc1cccc(C)c1NC(=O)[C@@H](C)N1CCOC2(CCOCC2)C1. The largest absolute Gasteiger partial charge is 0.381 e. The molecule has 0 radical (unpaired) electrons. The van der Waals surface area contributed by atoms with Gasteiger partial charge in [-0.3, -0.25) is 9.69 Å². The van der Waals surface area contributed by atoms with Gasteiger partial charge in [-0.15, -0.1) is 0 Å². The van der Waals surface area contributed by atoms with Crippen LogP contribution in [0.25, 0.3) is 0 Å². The first-order chi connectivity index (χ1) is 11.5. The standard InChI is InChI=1S/C19H28N2O3/c1-14-5-4-6-15(2)17(14)20-18(22)16(3)21-9-12-24-19(13-21)7-10-23-11-8-19/h4-6,16H,7-13H2,1-3H3,(H,20,22)/t16-/m1/s1. The van der Waals surface area contributed by atoms with Gasteiger partial charge < -0.3 is 14.8 Å². The Morgan fingerprint density at radius 3 is 2.54 bits per heavy atom. The van der Waals surface area contributed by atoms with Crippen LogP contribution in [0.1, 0.15) is 30.9 Å². The third-order valence-corrected chi connectivity index (χ3v) is 5.34. The van der Waals surface area contributed by atoms with E-state index in [2.05, 4.69) is 10.2 Å². The maximum absolute atomic E-state index is 12.8. The molecule has 0 unspecified atom stereocenters. The van der Waals surface area contributed by atoms with E-state index < -0.39 is 0 Å². The van der Waals surface area contributed by atoms with E-state index in [9.17, 15) is 4.79 Å². The minimum Gasteiger partial charge on any atom is -0.381 e. The second kappa shape index (κ2) is 7.21. The second-order valence-electron chi connectivity index (χ2n) is 7.05. The Hall–Kier alpha value is -1.43. The van der Waals surface area contributed by atoms with Crippen molar-refractivity contribution in [2.45, 2.75) is 45.3 Å². The van der Waals surface area contributed by atoms with Crippen LogP contribution in [0.2, 0.25) is 0 Å². The van der Waals surface area contributed by atoms with Gasteiger partial charge in [0.25, 0.3) is 0 Å². The molecule has 1 amide bonds. The van der Waals surface area contributed by atoms with Crippen molar-refractivity contribution in [3.63, 3.8) is 0 Å². The number of rotatable bonds is 3. The number of morpholine rings is 1. The van der Waals surface area contributed by atoms with Crippen molar-refractivity contribution in [1.82, 2.24) is 4.90 Å². The van der Waals surface area contributed by atoms with Crippen molar-refractivity contribution < 1.29 is 14.3 Å². The van der Waals surface area contributed by atoms with Crippen LogP contribution >= 0.6 is 0 Å². The lowest BCUT2D eigenvalue weighted by molar-refractivity contribution is -0.161. The van der Waals surface area contributed by atoms with Crippen LogP contribution in [0.5, 0.6) is 0 Å². The average Bonchev–Trinajstić information content (AvgIpc) is 2.58. The molecule has 1 aromatic carbocycles. The number of nitrogens with one attached hydrogen (secondary N) is 1. The summed E-state index contributed by atoms with van der Waals surface area (Å²) in [5.41, 5.74) is 2.99. The highest BCUT2D eigenvalue weighted by atomic mass is 16.5. The van der Waals surface area contributed by atoms with E-state index >= 15 is 0 Å². The summed E-state index contributed by atoms with van der Waals surface area (Å²) in [5.74, 6) is 0.0523. The van der Waals surface area contributed by atoms with Crippen molar-refractivity contribution in [1.29, 1.82) is 0 Å². The van der Waals surface area contributed by atoms with Gasteiger partial charge in [0.2, 0.25) is 5.91 Å². The molecule has 0 aliphatic carbocycles. The maximum atomic E-state index is 12.8. The Kier molecular flexibility index (Phi) is 5.23. The molecule has 24 heavy (non-hydrogen) atoms. The van der Waals surface area contributed by atoms with Gasteiger partial charge in [0.1, 0.15) is 0 Å². The molecule has 2 heterocycles. The monoisotopic (exact) mass is 332 g/mol. The Bertz CT molecular complexity index is 571. The minimum absolute atomic E-state index is 0.0523. The molecule has 2 fully saturated rings. The molecule has 3 rings (SSSR count). The normalized spacial score (nSPS) is 22.3. The fraction of sp³-hybridized carbons (Fsp3) is 0.632. The van der Waals surface area contributed by atoms with Gasteiger partial charge in [-0.25, -0.2) is 0 Å². The zero-order valence-electron chi connectivity index (χ0n) is 14.9. The highest BCUT2D eigenvalue weighted by Gasteiger charge is 2.40. The van der Waals surface area contributed by atoms with E-state index in [-0.39, 0.29) is 17.6 Å². The number of carbonyl (C=O) groups excluding carboxylic acids is 1. The van der Waals surface area contributed by atoms with Crippen LogP contribution < -0.4 is 5.32 Å². The van der Waals surface area contributed by atoms with Gasteiger partial charge in [0, 0.05) is 44.8 Å². The maximum Gasteiger partial charge on any atom is 0.241 e. The number of anilines is 1. The summed E-state index contributed by atoms with van der Waals surface area (Å²) in [6.07, 6.45) is 1.82. The van der Waals surface area contributed by atoms with Crippen molar-refractivity contribution in [2.75, 3.05) is 38.2 Å². The van der Waals surface area contributed by atoms with E-state index in [4.69, 9.17) is 9.47 Å². The summed E-state index contributed by atoms with van der Waals surface area (Å²) < 4.78 is 11.5. The van der Waals surface area contributed by atoms with Crippen molar-refractivity contribution in [3.05, 3.63) is 29.3 Å². The number of ether oxygens (including phenoxy) is 2. The van der Waals surface area contributed by atoms with Crippen LogP contribution in [0.4, 0.5) is 5.69 Å². The molecule has 1 N–H and O–H groups in total. The third kappa shape index (κ3) is 3.63.